The molecule has 142 valence electrons. The smallest absolute Gasteiger partial charge is 0.417 e. The van der Waals surface area contributed by atoms with Crippen LogP contribution < -0.4 is 9.47 Å². The molecule has 0 fully saturated rings. The number of allylic oxidation sites excluding steroid dienone is 1. The highest BCUT2D eigenvalue weighted by atomic mass is 19.4. The van der Waals surface area contributed by atoms with Crippen molar-refractivity contribution in [2.24, 2.45) is 0 Å². The summed E-state index contributed by atoms with van der Waals surface area (Å²) in [6, 6.07) is 12.5. The topological polar surface area (TPSA) is 38.8 Å². The predicted octanol–water partition coefficient (Wildman–Crippen LogP) is 4.41. The molecule has 4 nitrogen and oxygen atoms in total. The fourth-order valence-electron chi connectivity index (χ4n) is 2.77. The summed E-state index contributed by atoms with van der Waals surface area (Å²) in [5.41, 5.74) is -0.258. The summed E-state index contributed by atoms with van der Waals surface area (Å²) in [7, 11) is 0. The van der Waals surface area contributed by atoms with Crippen LogP contribution in [0.5, 0.6) is 11.5 Å². The van der Waals surface area contributed by atoms with Gasteiger partial charge in [0.15, 0.2) is 11.5 Å². The van der Waals surface area contributed by atoms with Crippen LogP contribution >= 0.6 is 0 Å². The molecular weight excluding hydrogens is 359 g/mol. The number of carbonyl (C=O) groups excluding carboxylic acids is 1. The maximum atomic E-state index is 13.4. The Hall–Kier alpha value is -2.96. The van der Waals surface area contributed by atoms with E-state index in [1.165, 1.54) is 29.2 Å². The van der Waals surface area contributed by atoms with Gasteiger partial charge in [-0.1, -0.05) is 36.4 Å². The molecule has 0 bridgehead atoms. The Morgan fingerprint density at radius 3 is 2.48 bits per heavy atom. The summed E-state index contributed by atoms with van der Waals surface area (Å²) >= 11 is 0. The van der Waals surface area contributed by atoms with Crippen molar-refractivity contribution in [3.8, 4) is 11.5 Å². The lowest BCUT2D eigenvalue weighted by molar-refractivity contribution is -0.126. The molecule has 0 N–H and O–H groups in total. The second-order valence-electron chi connectivity index (χ2n) is 5.96. The zero-order chi connectivity index (χ0) is 19.4. The van der Waals surface area contributed by atoms with Crippen LogP contribution in [0.15, 0.2) is 54.6 Å². The van der Waals surface area contributed by atoms with Crippen molar-refractivity contribution < 1.29 is 27.4 Å². The lowest BCUT2D eigenvalue weighted by Crippen LogP contribution is -2.29. The van der Waals surface area contributed by atoms with Crippen LogP contribution in [0, 0.1) is 0 Å². The Bertz CT molecular complexity index is 847. The van der Waals surface area contributed by atoms with E-state index in [2.05, 4.69) is 0 Å². The van der Waals surface area contributed by atoms with Crippen molar-refractivity contribution in [3.05, 3.63) is 65.7 Å². The van der Waals surface area contributed by atoms with E-state index in [4.69, 9.17) is 9.47 Å². The molecule has 0 unspecified atom stereocenters. The minimum absolute atomic E-state index is 0.0440. The summed E-state index contributed by atoms with van der Waals surface area (Å²) in [5, 5.41) is 0. The molecule has 0 aromatic heterocycles. The fraction of sp³-hybridized carbons (Fsp3) is 0.250. The largest absolute Gasteiger partial charge is 0.454 e. The number of ether oxygens (including phenoxy) is 2. The zero-order valence-corrected chi connectivity index (χ0v) is 14.6. The Morgan fingerprint density at radius 2 is 1.81 bits per heavy atom. The quantitative estimate of drug-likeness (QED) is 0.725. The molecule has 0 radical (unpaired) electrons. The SMILES string of the molecule is CCN(Cc1ccc2c(c1)OCO2)C(=O)/C=C(/c1ccccc1)C(F)(F)F. The molecule has 3 rings (SSSR count). The lowest BCUT2D eigenvalue weighted by atomic mass is 10.0. The molecule has 1 amide bonds. The lowest BCUT2D eigenvalue weighted by Gasteiger charge is -2.21. The first-order valence-electron chi connectivity index (χ1n) is 8.40. The van der Waals surface area contributed by atoms with Gasteiger partial charge < -0.3 is 14.4 Å². The molecule has 0 saturated carbocycles. The first kappa shape index (κ1) is 18.8. The molecule has 2 aromatic rings. The molecule has 2 aromatic carbocycles. The first-order valence-corrected chi connectivity index (χ1v) is 8.40. The maximum absolute atomic E-state index is 13.4. The van der Waals surface area contributed by atoms with Crippen molar-refractivity contribution in [2.75, 3.05) is 13.3 Å². The number of carbonyl (C=O) groups is 1. The number of alkyl halides is 3. The minimum atomic E-state index is -4.63. The van der Waals surface area contributed by atoms with E-state index in [9.17, 15) is 18.0 Å². The Kier molecular flexibility index (Phi) is 5.39. The zero-order valence-electron chi connectivity index (χ0n) is 14.6. The number of nitrogens with zero attached hydrogens (tertiary/aromatic N) is 1. The summed E-state index contributed by atoms with van der Waals surface area (Å²) in [6.07, 6.45) is -3.97. The standard InChI is InChI=1S/C20H18F3NO3/c1-2-24(12-14-8-9-17-18(10-14)27-13-26-17)19(25)11-16(20(21,22)23)15-6-4-3-5-7-15/h3-11H,2,12-13H2,1H3/b16-11-. The highest BCUT2D eigenvalue weighted by Crippen LogP contribution is 2.35. The van der Waals surface area contributed by atoms with Crippen LogP contribution in [0.2, 0.25) is 0 Å². The average Bonchev–Trinajstić information content (AvgIpc) is 3.11. The van der Waals surface area contributed by atoms with Gasteiger partial charge in [0, 0.05) is 19.2 Å². The molecule has 1 aliphatic rings. The number of fused-ring (bicyclic) bond motifs is 1. The van der Waals surface area contributed by atoms with E-state index in [1.54, 1.807) is 31.2 Å². The van der Waals surface area contributed by atoms with Crippen molar-refractivity contribution in [1.82, 2.24) is 4.90 Å². The second kappa shape index (κ2) is 7.73. The Balaban J connectivity index is 1.83. The van der Waals surface area contributed by atoms with Crippen LogP contribution in [-0.2, 0) is 11.3 Å². The number of rotatable bonds is 5. The van der Waals surface area contributed by atoms with Gasteiger partial charge in [0.05, 0.1) is 5.57 Å². The van der Waals surface area contributed by atoms with Gasteiger partial charge in [0.2, 0.25) is 12.7 Å². The number of amides is 1. The van der Waals surface area contributed by atoms with Crippen LogP contribution in [0.1, 0.15) is 18.1 Å². The van der Waals surface area contributed by atoms with Crippen molar-refractivity contribution in [1.29, 1.82) is 0 Å². The number of likely N-dealkylation sites (N-methyl/N-ethyl adjacent to an activating group) is 1. The molecule has 0 aliphatic carbocycles. The molecule has 1 aliphatic heterocycles. The maximum Gasteiger partial charge on any atom is 0.417 e. The van der Waals surface area contributed by atoms with Crippen molar-refractivity contribution in [3.63, 3.8) is 0 Å². The molecule has 0 spiro atoms. The summed E-state index contributed by atoms with van der Waals surface area (Å²) < 4.78 is 50.9. The van der Waals surface area contributed by atoms with E-state index >= 15 is 0 Å². The Morgan fingerprint density at radius 1 is 1.11 bits per heavy atom. The monoisotopic (exact) mass is 377 g/mol. The van der Waals surface area contributed by atoms with Crippen LogP contribution in [0.3, 0.4) is 0 Å². The summed E-state index contributed by atoms with van der Waals surface area (Å²) in [4.78, 5) is 13.9. The number of hydrogen-bond acceptors (Lipinski definition) is 3. The normalized spacial score (nSPS) is 13.6. The highest BCUT2D eigenvalue weighted by Gasteiger charge is 2.35. The van der Waals surface area contributed by atoms with Gasteiger partial charge in [-0.2, -0.15) is 13.2 Å². The van der Waals surface area contributed by atoms with Crippen LogP contribution in [0.25, 0.3) is 5.57 Å². The molecule has 1 heterocycles. The van der Waals surface area contributed by atoms with Crippen molar-refractivity contribution >= 4 is 11.5 Å². The van der Waals surface area contributed by atoms with E-state index in [0.717, 1.165) is 5.56 Å². The van der Waals surface area contributed by atoms with Gasteiger partial charge in [-0.3, -0.25) is 4.79 Å². The van der Waals surface area contributed by atoms with E-state index < -0.39 is 17.7 Å². The third-order valence-corrected chi connectivity index (χ3v) is 4.16. The molecule has 0 atom stereocenters. The van der Waals surface area contributed by atoms with Crippen molar-refractivity contribution in [2.45, 2.75) is 19.6 Å². The molecule has 0 saturated heterocycles. The third kappa shape index (κ3) is 4.42. The number of benzene rings is 2. The number of hydrogen-bond donors (Lipinski definition) is 0. The summed E-state index contributed by atoms with van der Waals surface area (Å²) in [5.74, 6) is 0.467. The van der Waals surface area contributed by atoms with Gasteiger partial charge in [-0.15, -0.1) is 0 Å². The van der Waals surface area contributed by atoms with Gasteiger partial charge >= 0.3 is 6.18 Å². The van der Waals surface area contributed by atoms with Gasteiger partial charge in [-0.05, 0) is 30.2 Å². The molecule has 7 heteroatoms. The minimum Gasteiger partial charge on any atom is -0.454 e. The van der Waals surface area contributed by atoms with E-state index in [1.807, 2.05) is 0 Å². The summed E-state index contributed by atoms with van der Waals surface area (Å²) in [6.45, 7) is 2.28. The average molecular weight is 377 g/mol. The number of halogens is 3. The van der Waals surface area contributed by atoms with Crippen LogP contribution in [0.4, 0.5) is 13.2 Å². The van der Waals surface area contributed by atoms with Gasteiger partial charge in [-0.25, -0.2) is 0 Å². The first-order chi connectivity index (χ1) is 12.9. The Labute approximate surface area is 154 Å². The van der Waals surface area contributed by atoms with E-state index in [-0.39, 0.29) is 25.4 Å². The van der Waals surface area contributed by atoms with Gasteiger partial charge in [0.1, 0.15) is 0 Å². The van der Waals surface area contributed by atoms with Gasteiger partial charge in [0.25, 0.3) is 0 Å². The third-order valence-electron chi connectivity index (χ3n) is 4.16. The highest BCUT2D eigenvalue weighted by molar-refractivity contribution is 5.96. The predicted molar refractivity (Wildman–Crippen MR) is 94.1 cm³/mol. The van der Waals surface area contributed by atoms with Crippen LogP contribution in [-0.4, -0.2) is 30.3 Å². The second-order valence-corrected chi connectivity index (χ2v) is 5.96. The molecular formula is C20H18F3NO3. The molecule has 27 heavy (non-hydrogen) atoms. The van der Waals surface area contributed by atoms with E-state index in [0.29, 0.717) is 17.6 Å². The fourth-order valence-corrected chi connectivity index (χ4v) is 2.77.